The highest BCUT2D eigenvalue weighted by Crippen LogP contribution is 2.27. The molecule has 0 heterocycles. The van der Waals surface area contributed by atoms with Crippen molar-refractivity contribution < 1.29 is 8.78 Å². The summed E-state index contributed by atoms with van der Waals surface area (Å²) in [5, 5.41) is 0.540. The fourth-order valence-corrected chi connectivity index (χ4v) is 2.53. The molecule has 0 aliphatic rings. The van der Waals surface area contributed by atoms with E-state index in [1.54, 1.807) is 24.3 Å². The number of hydrazine groups is 1. The zero-order valence-electron chi connectivity index (χ0n) is 10.3. The van der Waals surface area contributed by atoms with Crippen LogP contribution in [0.3, 0.4) is 0 Å². The Bertz CT molecular complexity index is 622. The first-order valence-corrected chi connectivity index (χ1v) is 7.04. The number of nitrogens with one attached hydrogen (secondary N) is 1. The van der Waals surface area contributed by atoms with Crippen molar-refractivity contribution in [1.82, 2.24) is 5.43 Å². The second-order valence-electron chi connectivity index (χ2n) is 4.30. The van der Waals surface area contributed by atoms with Gasteiger partial charge in [-0.1, -0.05) is 23.7 Å². The SMILES string of the molecule is NNC(Cc1c(F)ccc(Br)c1F)c1cccc(Cl)c1. The Hall–Kier alpha value is -1.01. The van der Waals surface area contributed by atoms with Gasteiger partial charge in [0, 0.05) is 10.6 Å². The van der Waals surface area contributed by atoms with E-state index in [-0.39, 0.29) is 16.5 Å². The molecule has 20 heavy (non-hydrogen) atoms. The number of rotatable bonds is 4. The molecule has 0 spiro atoms. The third-order valence-electron chi connectivity index (χ3n) is 3.00. The topological polar surface area (TPSA) is 38.0 Å². The molecule has 2 nitrogen and oxygen atoms in total. The summed E-state index contributed by atoms with van der Waals surface area (Å²) in [6, 6.07) is 9.09. The average Bonchev–Trinajstić information content (AvgIpc) is 2.43. The molecule has 0 aliphatic heterocycles. The molecule has 0 fully saturated rings. The van der Waals surface area contributed by atoms with E-state index >= 15 is 0 Å². The number of hydrogen-bond acceptors (Lipinski definition) is 2. The predicted molar refractivity (Wildman–Crippen MR) is 79.3 cm³/mol. The third-order valence-corrected chi connectivity index (χ3v) is 3.85. The van der Waals surface area contributed by atoms with E-state index in [9.17, 15) is 8.78 Å². The summed E-state index contributed by atoms with van der Waals surface area (Å²) < 4.78 is 28.0. The minimum absolute atomic E-state index is 0.0256. The molecule has 0 bridgehead atoms. The van der Waals surface area contributed by atoms with Crippen LogP contribution in [0.1, 0.15) is 17.2 Å². The zero-order valence-corrected chi connectivity index (χ0v) is 12.7. The van der Waals surface area contributed by atoms with Gasteiger partial charge in [0.05, 0.1) is 10.5 Å². The van der Waals surface area contributed by atoms with Crippen LogP contribution in [0, 0.1) is 11.6 Å². The van der Waals surface area contributed by atoms with Crippen LogP contribution < -0.4 is 11.3 Å². The lowest BCUT2D eigenvalue weighted by Gasteiger charge is -2.18. The zero-order chi connectivity index (χ0) is 14.7. The van der Waals surface area contributed by atoms with Crippen molar-refractivity contribution in [3.63, 3.8) is 0 Å². The molecular formula is C14H12BrClF2N2. The molecule has 106 valence electrons. The molecule has 0 saturated heterocycles. The summed E-state index contributed by atoms with van der Waals surface area (Å²) >= 11 is 8.96. The monoisotopic (exact) mass is 360 g/mol. The van der Waals surface area contributed by atoms with Gasteiger partial charge in [-0.05, 0) is 52.2 Å². The van der Waals surface area contributed by atoms with Gasteiger partial charge in [-0.25, -0.2) is 8.78 Å². The standard InChI is InChI=1S/C14H12BrClF2N2/c15-11-4-5-12(17)10(14(11)18)7-13(20-19)8-2-1-3-9(16)6-8/h1-6,13,20H,7,19H2. The summed E-state index contributed by atoms with van der Waals surface area (Å²) in [5.74, 6) is 4.27. The van der Waals surface area contributed by atoms with Gasteiger partial charge in [-0.3, -0.25) is 11.3 Å². The summed E-state index contributed by atoms with van der Waals surface area (Å²) in [5.41, 5.74) is 3.30. The van der Waals surface area contributed by atoms with Gasteiger partial charge in [-0.15, -0.1) is 0 Å². The van der Waals surface area contributed by atoms with E-state index in [4.69, 9.17) is 17.4 Å². The lowest BCUT2D eigenvalue weighted by molar-refractivity contribution is 0.498. The van der Waals surface area contributed by atoms with Crippen molar-refractivity contribution in [2.24, 2.45) is 5.84 Å². The van der Waals surface area contributed by atoms with Crippen molar-refractivity contribution in [3.05, 3.63) is 68.7 Å². The van der Waals surface area contributed by atoms with Gasteiger partial charge in [0.1, 0.15) is 11.6 Å². The lowest BCUT2D eigenvalue weighted by atomic mass is 9.98. The number of halogens is 4. The van der Waals surface area contributed by atoms with Gasteiger partial charge < -0.3 is 0 Å². The molecule has 3 N–H and O–H groups in total. The summed E-state index contributed by atoms with van der Waals surface area (Å²) in [6.07, 6.45) is 0.0773. The normalized spacial score (nSPS) is 12.4. The fourth-order valence-electron chi connectivity index (χ4n) is 1.96. The molecule has 0 radical (unpaired) electrons. The van der Waals surface area contributed by atoms with Crippen molar-refractivity contribution in [1.29, 1.82) is 0 Å². The van der Waals surface area contributed by atoms with E-state index in [1.165, 1.54) is 12.1 Å². The van der Waals surface area contributed by atoms with Crippen molar-refractivity contribution in [2.75, 3.05) is 0 Å². The predicted octanol–water partition coefficient (Wildman–Crippen LogP) is 4.13. The molecule has 6 heteroatoms. The second kappa shape index (κ2) is 6.63. The Kier molecular flexibility index (Phi) is 5.10. The van der Waals surface area contributed by atoms with Gasteiger partial charge in [-0.2, -0.15) is 0 Å². The molecule has 0 saturated carbocycles. The van der Waals surface area contributed by atoms with Crippen LogP contribution in [-0.2, 0) is 6.42 Å². The number of benzene rings is 2. The van der Waals surface area contributed by atoms with E-state index in [2.05, 4.69) is 21.4 Å². The molecule has 0 aliphatic carbocycles. The Labute approximate surface area is 129 Å². The fraction of sp³-hybridized carbons (Fsp3) is 0.143. The maximum absolute atomic E-state index is 14.0. The van der Waals surface area contributed by atoms with Crippen molar-refractivity contribution >= 4 is 27.5 Å². The highest BCUT2D eigenvalue weighted by Gasteiger charge is 2.18. The summed E-state index contributed by atoms with van der Waals surface area (Å²) in [6.45, 7) is 0. The van der Waals surface area contributed by atoms with Gasteiger partial charge in [0.15, 0.2) is 0 Å². The van der Waals surface area contributed by atoms with Crippen LogP contribution in [-0.4, -0.2) is 0 Å². The minimum Gasteiger partial charge on any atom is -0.271 e. The number of hydrogen-bond donors (Lipinski definition) is 2. The molecule has 2 aromatic carbocycles. The van der Waals surface area contributed by atoms with Gasteiger partial charge in [0.25, 0.3) is 0 Å². The first-order valence-electron chi connectivity index (χ1n) is 5.87. The van der Waals surface area contributed by atoms with E-state index in [0.29, 0.717) is 5.02 Å². The minimum atomic E-state index is -0.618. The van der Waals surface area contributed by atoms with Crippen LogP contribution in [0.4, 0.5) is 8.78 Å². The highest BCUT2D eigenvalue weighted by atomic mass is 79.9. The average molecular weight is 362 g/mol. The Balaban J connectivity index is 2.34. The van der Waals surface area contributed by atoms with Crippen LogP contribution >= 0.6 is 27.5 Å². The molecule has 2 aromatic rings. The lowest BCUT2D eigenvalue weighted by Crippen LogP contribution is -2.30. The van der Waals surface area contributed by atoms with E-state index in [1.807, 2.05) is 0 Å². The number of nitrogens with two attached hydrogens (primary N) is 1. The third kappa shape index (κ3) is 3.35. The van der Waals surface area contributed by atoms with Crippen LogP contribution in [0.15, 0.2) is 40.9 Å². The van der Waals surface area contributed by atoms with Gasteiger partial charge >= 0.3 is 0 Å². The van der Waals surface area contributed by atoms with Gasteiger partial charge in [0.2, 0.25) is 0 Å². The molecule has 0 aromatic heterocycles. The van der Waals surface area contributed by atoms with Crippen molar-refractivity contribution in [2.45, 2.75) is 12.5 Å². The first kappa shape index (κ1) is 15.4. The van der Waals surface area contributed by atoms with Crippen LogP contribution in [0.2, 0.25) is 5.02 Å². The second-order valence-corrected chi connectivity index (χ2v) is 5.59. The van der Waals surface area contributed by atoms with Crippen molar-refractivity contribution in [3.8, 4) is 0 Å². The highest BCUT2D eigenvalue weighted by molar-refractivity contribution is 9.10. The summed E-state index contributed by atoms with van der Waals surface area (Å²) in [7, 11) is 0. The molecule has 1 atom stereocenters. The maximum Gasteiger partial charge on any atom is 0.143 e. The molecule has 2 rings (SSSR count). The maximum atomic E-state index is 14.0. The molecule has 0 amide bonds. The largest absolute Gasteiger partial charge is 0.271 e. The first-order chi connectivity index (χ1) is 9.52. The smallest absolute Gasteiger partial charge is 0.143 e. The van der Waals surface area contributed by atoms with Crippen LogP contribution in [0.5, 0.6) is 0 Å². The Morgan fingerprint density at radius 1 is 1.25 bits per heavy atom. The summed E-state index contributed by atoms with van der Waals surface area (Å²) in [4.78, 5) is 0. The van der Waals surface area contributed by atoms with E-state index < -0.39 is 17.7 Å². The molecular weight excluding hydrogens is 350 g/mol. The molecule has 1 unspecified atom stereocenters. The van der Waals surface area contributed by atoms with E-state index in [0.717, 1.165) is 5.56 Å². The Morgan fingerprint density at radius 2 is 2.00 bits per heavy atom. The quantitative estimate of drug-likeness (QED) is 0.488. The van der Waals surface area contributed by atoms with Crippen LogP contribution in [0.25, 0.3) is 0 Å². The Morgan fingerprint density at radius 3 is 2.65 bits per heavy atom.